The van der Waals surface area contributed by atoms with Gasteiger partial charge in [0.2, 0.25) is 5.82 Å². The van der Waals surface area contributed by atoms with Crippen LogP contribution in [0.1, 0.15) is 23.8 Å². The molecular weight excluding hydrogens is 389 g/mol. The van der Waals surface area contributed by atoms with E-state index in [9.17, 15) is 29.3 Å². The van der Waals surface area contributed by atoms with Crippen LogP contribution in [-0.2, 0) is 23.4 Å². The predicted molar refractivity (Wildman–Crippen MR) is 84.9 cm³/mol. The van der Waals surface area contributed by atoms with E-state index in [4.69, 9.17) is 15.0 Å². The van der Waals surface area contributed by atoms with Crippen molar-refractivity contribution in [3.8, 4) is 0 Å². The molecular formula is C12H20N5O9P. The van der Waals surface area contributed by atoms with Crippen LogP contribution in [-0.4, -0.2) is 79.8 Å². The van der Waals surface area contributed by atoms with Crippen molar-refractivity contribution in [3.05, 3.63) is 12.2 Å². The number of aliphatic hydroxyl groups is 2. The van der Waals surface area contributed by atoms with Crippen molar-refractivity contribution in [2.24, 2.45) is 5.73 Å². The van der Waals surface area contributed by atoms with Crippen LogP contribution >= 0.6 is 7.75 Å². The van der Waals surface area contributed by atoms with Gasteiger partial charge in [-0.25, -0.2) is 19.3 Å². The van der Waals surface area contributed by atoms with Gasteiger partial charge in [0.25, 0.3) is 5.91 Å². The molecule has 1 saturated heterocycles. The zero-order valence-electron chi connectivity index (χ0n) is 14.3. The molecule has 0 radical (unpaired) electrons. The lowest BCUT2D eigenvalue weighted by Gasteiger charge is -2.20. The maximum Gasteiger partial charge on any atom is 0.403 e. The molecule has 1 aliphatic heterocycles. The Morgan fingerprint density at radius 2 is 2.15 bits per heavy atom. The minimum Gasteiger partial charge on any atom is -0.468 e. The second-order valence-electron chi connectivity index (χ2n) is 5.65. The highest BCUT2D eigenvalue weighted by atomic mass is 31.2. The molecule has 152 valence electrons. The van der Waals surface area contributed by atoms with E-state index in [1.807, 2.05) is 0 Å². The van der Waals surface area contributed by atoms with Gasteiger partial charge in [0.1, 0.15) is 30.7 Å². The lowest BCUT2D eigenvalue weighted by Crippen LogP contribution is -2.36. The number of nitrogens with zero attached hydrogens (tertiary/aromatic N) is 3. The molecule has 15 heteroatoms. The Bertz CT molecular complexity index is 743. The molecule has 1 fully saturated rings. The van der Waals surface area contributed by atoms with E-state index in [0.29, 0.717) is 0 Å². The number of ether oxygens (including phenoxy) is 2. The molecule has 0 bridgehead atoms. The van der Waals surface area contributed by atoms with Gasteiger partial charge >= 0.3 is 13.7 Å². The highest BCUT2D eigenvalue weighted by molar-refractivity contribution is 7.50. The molecule has 14 nitrogen and oxygen atoms in total. The Kier molecular flexibility index (Phi) is 6.64. The maximum atomic E-state index is 12.0. The number of amides is 1. The number of carbonyl (C=O) groups excluding carboxylic acids is 2. The van der Waals surface area contributed by atoms with Crippen LogP contribution in [0, 0.1) is 0 Å². The van der Waals surface area contributed by atoms with Gasteiger partial charge in [-0.1, -0.05) is 0 Å². The van der Waals surface area contributed by atoms with Crippen molar-refractivity contribution in [1.82, 2.24) is 19.9 Å². The summed E-state index contributed by atoms with van der Waals surface area (Å²) in [7, 11) is -3.32. The number of primary amides is 1. The fraction of sp³-hybridized carbons (Fsp3) is 0.667. The molecule has 1 aliphatic rings. The van der Waals surface area contributed by atoms with E-state index < -0.39 is 56.8 Å². The number of carbonyl (C=O) groups is 2. The summed E-state index contributed by atoms with van der Waals surface area (Å²) in [4.78, 5) is 35.6. The molecule has 1 unspecified atom stereocenters. The van der Waals surface area contributed by atoms with E-state index in [2.05, 4.69) is 19.9 Å². The molecule has 0 aromatic carbocycles. The summed E-state index contributed by atoms with van der Waals surface area (Å²) in [6.45, 7) is 0.695. The highest BCUT2D eigenvalue weighted by Gasteiger charge is 2.45. The number of hydrogen-bond acceptors (Lipinski definition) is 10. The molecule has 1 aromatic rings. The van der Waals surface area contributed by atoms with Gasteiger partial charge in [-0.15, -0.1) is 5.10 Å². The van der Waals surface area contributed by atoms with E-state index in [0.717, 1.165) is 18.1 Å². The van der Waals surface area contributed by atoms with Crippen LogP contribution in [0.3, 0.4) is 0 Å². The molecule has 2 rings (SSSR count). The lowest BCUT2D eigenvalue weighted by atomic mass is 10.1. The number of hydrogen-bond donors (Lipinski definition) is 5. The Hall–Kier alpha value is -1.93. The summed E-state index contributed by atoms with van der Waals surface area (Å²) >= 11 is 0. The van der Waals surface area contributed by atoms with E-state index in [1.54, 1.807) is 0 Å². The van der Waals surface area contributed by atoms with Gasteiger partial charge < -0.3 is 30.3 Å². The van der Waals surface area contributed by atoms with E-state index in [-0.39, 0.29) is 5.82 Å². The van der Waals surface area contributed by atoms with Crippen LogP contribution < -0.4 is 10.8 Å². The predicted octanol–water partition coefficient (Wildman–Crippen LogP) is -2.74. The number of esters is 1. The molecule has 6 N–H and O–H groups in total. The second-order valence-corrected chi connectivity index (χ2v) is 7.21. The van der Waals surface area contributed by atoms with Crippen molar-refractivity contribution >= 4 is 19.6 Å². The average molecular weight is 409 g/mol. The molecule has 27 heavy (non-hydrogen) atoms. The van der Waals surface area contributed by atoms with Crippen molar-refractivity contribution in [3.63, 3.8) is 0 Å². The number of nitrogens with two attached hydrogens (primary N) is 1. The van der Waals surface area contributed by atoms with Gasteiger partial charge in [0.05, 0.1) is 13.7 Å². The quantitative estimate of drug-likeness (QED) is 0.219. The average Bonchev–Trinajstić information content (AvgIpc) is 3.19. The molecule has 0 spiro atoms. The molecule has 6 atom stereocenters. The third kappa shape index (κ3) is 5.07. The minimum atomic E-state index is -4.43. The Balaban J connectivity index is 1.98. The normalized spacial score (nSPS) is 28.5. The summed E-state index contributed by atoms with van der Waals surface area (Å²) < 4.78 is 27.5. The smallest absolute Gasteiger partial charge is 0.403 e. The fourth-order valence-corrected chi connectivity index (χ4v) is 3.30. The Labute approximate surface area is 152 Å². The number of aliphatic hydroxyl groups excluding tert-OH is 2. The topological polar surface area (TPSA) is 208 Å². The summed E-state index contributed by atoms with van der Waals surface area (Å²) in [6, 6.07) is -1.12. The number of aromatic nitrogens is 3. The third-order valence-corrected chi connectivity index (χ3v) is 4.86. The van der Waals surface area contributed by atoms with Gasteiger partial charge in [-0.05, 0) is 6.92 Å². The Morgan fingerprint density at radius 1 is 1.48 bits per heavy atom. The van der Waals surface area contributed by atoms with Crippen molar-refractivity contribution in [1.29, 1.82) is 0 Å². The van der Waals surface area contributed by atoms with Crippen LogP contribution in [0.15, 0.2) is 6.33 Å². The fourth-order valence-electron chi connectivity index (χ4n) is 2.28. The standard InChI is InChI=1S/C12H20N5O9P/c1-5(12(21)24-2)16-27(22,23)25-3-6-7(18)8(19)11(26-6)17-4-14-10(15-17)9(13)20/h4-8,11,18-19H,3H2,1-2H3,(H2,13,20)(H2,16,22,23)/t5-,6+,7+,8+,11+/m0/s1. The summed E-state index contributed by atoms with van der Waals surface area (Å²) in [6.07, 6.45) is -4.34. The first-order valence-electron chi connectivity index (χ1n) is 7.61. The highest BCUT2D eigenvalue weighted by Crippen LogP contribution is 2.39. The van der Waals surface area contributed by atoms with E-state index >= 15 is 0 Å². The Morgan fingerprint density at radius 3 is 2.70 bits per heavy atom. The summed E-state index contributed by atoms with van der Waals surface area (Å²) in [5.41, 5.74) is 5.03. The van der Waals surface area contributed by atoms with Crippen molar-refractivity contribution in [2.75, 3.05) is 13.7 Å². The third-order valence-electron chi connectivity index (χ3n) is 3.65. The number of methoxy groups -OCH3 is 1. The lowest BCUT2D eigenvalue weighted by molar-refractivity contribution is -0.142. The van der Waals surface area contributed by atoms with E-state index in [1.165, 1.54) is 6.92 Å². The van der Waals surface area contributed by atoms with Crippen molar-refractivity contribution < 1.29 is 43.3 Å². The zero-order valence-corrected chi connectivity index (χ0v) is 15.2. The largest absolute Gasteiger partial charge is 0.468 e. The van der Waals surface area contributed by atoms with Gasteiger partial charge in [0, 0.05) is 0 Å². The monoisotopic (exact) mass is 409 g/mol. The SMILES string of the molecule is COC(=O)[C@H](C)NP(=O)(O)OC[C@H]1O[C@@H](n2cnc(C(N)=O)n2)[C@H](O)[C@@H]1O. The van der Waals surface area contributed by atoms with Crippen LogP contribution in [0.5, 0.6) is 0 Å². The molecule has 2 heterocycles. The minimum absolute atomic E-state index is 0.319. The first-order chi connectivity index (χ1) is 12.6. The van der Waals surface area contributed by atoms with Gasteiger partial charge in [0.15, 0.2) is 6.23 Å². The summed E-state index contributed by atoms with van der Waals surface area (Å²) in [5, 5.41) is 25.9. The molecule has 0 saturated carbocycles. The zero-order chi connectivity index (χ0) is 20.4. The van der Waals surface area contributed by atoms with Gasteiger partial charge in [-0.2, -0.15) is 0 Å². The first-order valence-corrected chi connectivity index (χ1v) is 9.19. The molecule has 1 amide bonds. The maximum absolute atomic E-state index is 12.0. The number of rotatable bonds is 8. The van der Waals surface area contributed by atoms with Gasteiger partial charge in [-0.3, -0.25) is 14.1 Å². The van der Waals surface area contributed by atoms with Crippen LogP contribution in [0.2, 0.25) is 0 Å². The second kappa shape index (κ2) is 8.39. The van der Waals surface area contributed by atoms with Crippen molar-refractivity contribution in [2.45, 2.75) is 37.5 Å². The van der Waals surface area contributed by atoms with Crippen LogP contribution in [0.25, 0.3) is 0 Å². The molecule has 0 aliphatic carbocycles. The first kappa shape index (κ1) is 21.4. The summed E-state index contributed by atoms with van der Waals surface area (Å²) in [5.74, 6) is -1.99. The van der Waals surface area contributed by atoms with Crippen LogP contribution in [0.4, 0.5) is 0 Å². The number of nitrogens with one attached hydrogen (secondary N) is 1. The molecule has 1 aromatic heterocycles.